The third kappa shape index (κ3) is 269. The first-order chi connectivity index (χ1) is 0. The van der Waals surface area contributed by atoms with Crippen LogP contribution in [0.2, 0.25) is 0 Å². The normalized spacial score (nSPS) is 0. The largest absolute Gasteiger partial charge is 2.00 e. The van der Waals surface area contributed by atoms with Gasteiger partial charge in [0.25, 0.3) is 0 Å². The van der Waals surface area contributed by atoms with Crippen molar-refractivity contribution in [2.24, 2.45) is 0 Å². The molecule has 11 heteroatoms. The van der Waals surface area contributed by atoms with E-state index in [9.17, 15) is 0 Å². The number of rotatable bonds is 0. The van der Waals surface area contributed by atoms with E-state index in [2.05, 4.69) is 0 Å². The molecule has 0 saturated carbocycles. The van der Waals surface area contributed by atoms with Gasteiger partial charge in [0.05, 0.1) is 0 Å². The molecule has 0 heterocycles. The molecule has 0 aliphatic rings. The van der Waals surface area contributed by atoms with Crippen molar-refractivity contribution >= 4 is 75.5 Å². The van der Waals surface area contributed by atoms with E-state index in [4.69, 9.17) is 0 Å². The molecule has 0 fully saturated rings. The minimum atomic E-state index is 0. The van der Waals surface area contributed by atoms with Gasteiger partial charge in [0.15, 0.2) is 0 Å². The van der Waals surface area contributed by atoms with E-state index in [1.54, 1.807) is 0 Å². The molecule has 0 aliphatic heterocycles. The summed E-state index contributed by atoms with van der Waals surface area (Å²) in [5.41, 5.74) is 0. The van der Waals surface area contributed by atoms with Crippen molar-refractivity contribution in [3.05, 3.63) is 0 Å². The van der Waals surface area contributed by atoms with Crippen LogP contribution in [0.25, 0.3) is 0 Å². The summed E-state index contributed by atoms with van der Waals surface area (Å²) in [5.74, 6) is 0. The van der Waals surface area contributed by atoms with Crippen molar-refractivity contribution in [3.63, 3.8) is 0 Å². The van der Waals surface area contributed by atoms with E-state index in [1.165, 1.54) is 0 Å². The number of hydrogen-bond acceptors (Lipinski definition) is 0. The van der Waals surface area contributed by atoms with Crippen molar-refractivity contribution < 1.29 is 55.0 Å². The molecule has 0 rings (SSSR count). The van der Waals surface area contributed by atoms with E-state index in [0.29, 0.717) is 0 Å². The zero-order chi connectivity index (χ0) is 0. The van der Waals surface area contributed by atoms with Gasteiger partial charge >= 0.3 is 75.5 Å². The Kier molecular flexibility index (Phi) is 12300. The van der Waals surface area contributed by atoms with Crippen molar-refractivity contribution in [1.29, 1.82) is 0 Å². The second kappa shape index (κ2) is 325. The summed E-state index contributed by atoms with van der Waals surface area (Å²) in [6, 6.07) is 0. The Morgan fingerprint density at radius 2 is 0.273 bits per heavy atom. The number of hydrogen-bond donors (Lipinski definition) is 0. The van der Waals surface area contributed by atoms with E-state index in [1.807, 2.05) is 0 Å². The summed E-state index contributed by atoms with van der Waals surface area (Å²) in [6.45, 7) is 0. The third-order valence-electron chi connectivity index (χ3n) is 0. The van der Waals surface area contributed by atoms with Crippen LogP contribution < -0.4 is 0 Å². The zero-order valence-corrected chi connectivity index (χ0v) is 10.3. The van der Waals surface area contributed by atoms with Gasteiger partial charge in [-0.1, -0.05) is 0 Å². The van der Waals surface area contributed by atoms with Gasteiger partial charge in [0, 0.05) is 0 Å². The van der Waals surface area contributed by atoms with Crippen LogP contribution in [0.15, 0.2) is 0 Å². The zero-order valence-electron chi connectivity index (χ0n) is 9.91. The fourth-order valence-electron chi connectivity index (χ4n) is 0. The molecule has 0 amide bonds. The topological polar surface area (TPSA) is 284 Å². The Morgan fingerprint density at radius 3 is 0.273 bits per heavy atom. The van der Waals surface area contributed by atoms with Crippen LogP contribution >= 0.6 is 0 Å². The summed E-state index contributed by atoms with van der Waals surface area (Å²) in [5, 5.41) is 0. The first kappa shape index (κ1) is 417. The van der Waals surface area contributed by atoms with Gasteiger partial charge in [-0.3, -0.25) is 0 Å². The molecule has 0 unspecified atom stereocenters. The average molecular weight is 246 g/mol. The van der Waals surface area contributed by atoms with Crippen LogP contribution in [0.3, 0.4) is 0 Å². The maximum atomic E-state index is 0. The SMILES string of the molecule is O.O.O.O.O.O.O.O.O.[Ca+2].[Ca+2].[H-].[H-].[H-].[H-]. The Morgan fingerprint density at radius 1 is 0.273 bits per heavy atom. The van der Waals surface area contributed by atoms with Gasteiger partial charge in [0.1, 0.15) is 0 Å². The van der Waals surface area contributed by atoms with Crippen molar-refractivity contribution in [2.75, 3.05) is 0 Å². The Balaban J connectivity index is 0. The van der Waals surface area contributed by atoms with Crippen LogP contribution in [0, 0.1) is 0 Å². The van der Waals surface area contributed by atoms with Gasteiger partial charge in [-0.25, -0.2) is 0 Å². The fraction of sp³-hybridized carbons (Fsp3) is 0. The molecule has 0 saturated heterocycles. The second-order valence-corrected chi connectivity index (χ2v) is 0. The van der Waals surface area contributed by atoms with Crippen molar-refractivity contribution in [3.8, 4) is 0 Å². The molecule has 0 aromatic carbocycles. The summed E-state index contributed by atoms with van der Waals surface area (Å²) >= 11 is 0. The maximum absolute atomic E-state index is 0. The smallest absolute Gasteiger partial charge is 1.00 e. The molecule has 0 bridgehead atoms. The van der Waals surface area contributed by atoms with Crippen LogP contribution in [-0.2, 0) is 0 Å². The molecule has 9 nitrogen and oxygen atoms in total. The minimum Gasteiger partial charge on any atom is -1.00 e. The van der Waals surface area contributed by atoms with Gasteiger partial charge < -0.3 is 55.0 Å². The molecule has 0 atom stereocenters. The first-order valence-corrected chi connectivity index (χ1v) is 0. The predicted molar refractivity (Wildman–Crippen MR) is 48.5 cm³/mol. The molecule has 0 radical (unpaired) electrons. The Labute approximate surface area is 129 Å². The van der Waals surface area contributed by atoms with Gasteiger partial charge in [-0.05, 0) is 0 Å². The molecular formula is H22Ca2O9. The molecule has 18 N–H and O–H groups in total. The van der Waals surface area contributed by atoms with Crippen LogP contribution in [0.1, 0.15) is 5.71 Å². The van der Waals surface area contributed by atoms with Gasteiger partial charge in [-0.15, -0.1) is 0 Å². The summed E-state index contributed by atoms with van der Waals surface area (Å²) < 4.78 is 0. The van der Waals surface area contributed by atoms with Gasteiger partial charge in [-0.2, -0.15) is 0 Å². The van der Waals surface area contributed by atoms with Crippen LogP contribution in [0.4, 0.5) is 0 Å². The molecule has 11 heavy (non-hydrogen) atoms. The molecule has 0 aliphatic carbocycles. The van der Waals surface area contributed by atoms with E-state index in [0.717, 1.165) is 0 Å². The molecule has 0 spiro atoms. The molecular weight excluding hydrogens is 224 g/mol. The average Bonchev–Trinajstić information content (AvgIpc) is 0. The molecule has 0 aromatic rings. The minimum absolute atomic E-state index is 0. The summed E-state index contributed by atoms with van der Waals surface area (Å²) in [7, 11) is 0. The maximum Gasteiger partial charge on any atom is 2.00 e. The van der Waals surface area contributed by atoms with Crippen LogP contribution in [-0.4, -0.2) is 125 Å². The molecule has 0 aromatic heterocycles. The monoisotopic (exact) mass is 246 g/mol. The molecule has 80 valence electrons. The first-order valence-electron chi connectivity index (χ1n) is 0. The van der Waals surface area contributed by atoms with E-state index < -0.39 is 0 Å². The Hall–Kier alpha value is 2.16. The summed E-state index contributed by atoms with van der Waals surface area (Å²) in [6.07, 6.45) is 0. The van der Waals surface area contributed by atoms with E-state index in [-0.39, 0.29) is 130 Å². The predicted octanol–water partition coefficient (Wildman–Crippen LogP) is -7.73. The van der Waals surface area contributed by atoms with Crippen molar-refractivity contribution in [2.45, 2.75) is 0 Å². The van der Waals surface area contributed by atoms with Crippen LogP contribution in [0.5, 0.6) is 0 Å². The van der Waals surface area contributed by atoms with Crippen molar-refractivity contribution in [1.82, 2.24) is 0 Å². The fourth-order valence-corrected chi connectivity index (χ4v) is 0. The third-order valence-corrected chi connectivity index (χ3v) is 0. The summed E-state index contributed by atoms with van der Waals surface area (Å²) in [4.78, 5) is 0. The van der Waals surface area contributed by atoms with Gasteiger partial charge in [0.2, 0.25) is 0 Å². The standard InChI is InChI=1S/2Ca.9H2O.4H/h;;9*1H2;;;;/q2*+2;;;;;;;;;;4*-1. The van der Waals surface area contributed by atoms with E-state index >= 15 is 0 Å². The Bertz CT molecular complexity index is 20.1. The quantitative estimate of drug-likeness (QED) is 0.359. The second-order valence-electron chi connectivity index (χ2n) is 0.